The number of phosphoric ester groups is 1. The van der Waals surface area contributed by atoms with E-state index >= 15 is 0 Å². The average Bonchev–Trinajstić information content (AvgIpc) is 3.42. The highest BCUT2D eigenvalue weighted by atomic mass is 31.2. The Morgan fingerprint density at radius 1 is 0.400 bits per heavy atom. The van der Waals surface area contributed by atoms with Crippen molar-refractivity contribution in [3.05, 3.63) is 97.2 Å². The summed E-state index contributed by atoms with van der Waals surface area (Å²) < 4.78 is 34.2. The quantitative estimate of drug-likeness (QED) is 0.0195. The third-order valence-electron chi connectivity index (χ3n) is 14.1. The van der Waals surface area contributed by atoms with E-state index in [1.165, 1.54) is 154 Å². The zero-order valence-electron chi connectivity index (χ0n) is 52.5. The Morgan fingerprint density at radius 3 is 1.07 bits per heavy atom. The minimum Gasteiger partial charge on any atom is -0.756 e. The molecule has 80 heavy (non-hydrogen) atoms. The zero-order valence-corrected chi connectivity index (χ0v) is 53.4. The molecule has 0 aliphatic carbocycles. The maximum atomic E-state index is 12.8. The smallest absolute Gasteiger partial charge is 0.306 e. The van der Waals surface area contributed by atoms with Gasteiger partial charge in [0.15, 0.2) is 6.10 Å². The van der Waals surface area contributed by atoms with Crippen molar-refractivity contribution in [2.45, 2.75) is 290 Å². The molecule has 0 fully saturated rings. The van der Waals surface area contributed by atoms with E-state index in [1.54, 1.807) is 0 Å². The highest BCUT2D eigenvalue weighted by Gasteiger charge is 2.22. The number of quaternary nitrogens is 1. The van der Waals surface area contributed by atoms with Crippen LogP contribution in [0.1, 0.15) is 284 Å². The Labute approximate surface area is 493 Å². The predicted octanol–water partition coefficient (Wildman–Crippen LogP) is 20.5. The van der Waals surface area contributed by atoms with E-state index in [9.17, 15) is 19.0 Å². The SMILES string of the molecule is CC/C=C\C/C=C\C/C=C\C/C=C\C/C=C\C/C=C\C/C=C\CCCCCCCC(=O)OC(COC(=O)CCCCCCCCCCCCCCCCCCC/C=C\CCCCCCCCCC)COP(=O)([O-])OCC[N+](C)(C)C. The van der Waals surface area contributed by atoms with Gasteiger partial charge in [-0.05, 0) is 96.3 Å². The molecule has 462 valence electrons. The number of carbonyl (C=O) groups is 2. The van der Waals surface area contributed by atoms with Crippen LogP contribution >= 0.6 is 7.82 Å². The lowest BCUT2D eigenvalue weighted by atomic mass is 10.0. The molecule has 0 aromatic carbocycles. The Bertz CT molecular complexity index is 1670. The summed E-state index contributed by atoms with van der Waals surface area (Å²) in [7, 11) is 1.15. The van der Waals surface area contributed by atoms with Gasteiger partial charge in [-0.25, -0.2) is 0 Å². The largest absolute Gasteiger partial charge is 0.756 e. The lowest BCUT2D eigenvalue weighted by Gasteiger charge is -2.28. The van der Waals surface area contributed by atoms with Crippen LogP contribution in [0, 0.1) is 0 Å². The number of hydrogen-bond acceptors (Lipinski definition) is 8. The number of esters is 2. The summed E-state index contributed by atoms with van der Waals surface area (Å²) in [6, 6.07) is 0. The van der Waals surface area contributed by atoms with Crippen LogP contribution in [0.25, 0.3) is 0 Å². The number of hydrogen-bond donors (Lipinski definition) is 0. The first kappa shape index (κ1) is 76.9. The predicted molar refractivity (Wildman–Crippen MR) is 342 cm³/mol. The minimum atomic E-state index is -4.65. The van der Waals surface area contributed by atoms with Crippen molar-refractivity contribution >= 4 is 19.8 Å². The molecule has 0 bridgehead atoms. The molecule has 0 aromatic heterocycles. The Hall–Kier alpha value is -3.07. The van der Waals surface area contributed by atoms with Gasteiger partial charge in [0, 0.05) is 12.8 Å². The van der Waals surface area contributed by atoms with Gasteiger partial charge in [-0.15, -0.1) is 0 Å². The topological polar surface area (TPSA) is 111 Å². The summed E-state index contributed by atoms with van der Waals surface area (Å²) in [4.78, 5) is 38.0. The van der Waals surface area contributed by atoms with Crippen LogP contribution < -0.4 is 4.89 Å². The van der Waals surface area contributed by atoms with Gasteiger partial charge < -0.3 is 27.9 Å². The molecule has 0 N–H and O–H groups in total. The zero-order chi connectivity index (χ0) is 58.4. The fraction of sp³-hybridized carbons (Fsp3) is 0.743. The first-order valence-electron chi connectivity index (χ1n) is 32.9. The van der Waals surface area contributed by atoms with Crippen molar-refractivity contribution in [2.75, 3.05) is 47.5 Å². The molecule has 0 aliphatic heterocycles. The molecule has 10 heteroatoms. The van der Waals surface area contributed by atoms with Crippen LogP contribution in [0.15, 0.2) is 97.2 Å². The van der Waals surface area contributed by atoms with Gasteiger partial charge in [0.1, 0.15) is 19.8 Å². The number of rotatable bonds is 60. The van der Waals surface area contributed by atoms with Crippen molar-refractivity contribution in [2.24, 2.45) is 0 Å². The number of nitrogens with zero attached hydrogens (tertiary/aromatic N) is 1. The van der Waals surface area contributed by atoms with Gasteiger partial charge in [0.25, 0.3) is 7.82 Å². The summed E-state index contributed by atoms with van der Waals surface area (Å²) in [6.07, 6.45) is 83.3. The third kappa shape index (κ3) is 64.1. The molecule has 2 atom stereocenters. The van der Waals surface area contributed by atoms with E-state index in [0.717, 1.165) is 96.3 Å². The molecule has 0 aliphatic rings. The Kier molecular flexibility index (Phi) is 58.2. The lowest BCUT2D eigenvalue weighted by Crippen LogP contribution is -2.37. The van der Waals surface area contributed by atoms with Crippen LogP contribution in [0.2, 0.25) is 0 Å². The van der Waals surface area contributed by atoms with Crippen molar-refractivity contribution in [3.63, 3.8) is 0 Å². The summed E-state index contributed by atoms with van der Waals surface area (Å²) in [5, 5.41) is 0. The van der Waals surface area contributed by atoms with Crippen molar-refractivity contribution in [3.8, 4) is 0 Å². The molecule has 0 saturated heterocycles. The monoisotopic (exact) mass is 1140 g/mol. The number of unbranched alkanes of at least 4 members (excludes halogenated alkanes) is 30. The molecular formula is C70H124NO8P. The molecule has 0 spiro atoms. The summed E-state index contributed by atoms with van der Waals surface area (Å²) >= 11 is 0. The second-order valence-electron chi connectivity index (χ2n) is 23.1. The fourth-order valence-electron chi connectivity index (χ4n) is 9.04. The number of ether oxygens (including phenoxy) is 2. The van der Waals surface area contributed by atoms with Gasteiger partial charge in [-0.3, -0.25) is 14.2 Å². The lowest BCUT2D eigenvalue weighted by molar-refractivity contribution is -0.870. The Balaban J connectivity index is 4.13. The molecular weight excluding hydrogens is 1010 g/mol. The second kappa shape index (κ2) is 60.5. The molecule has 0 radical (unpaired) electrons. The normalized spacial score (nSPS) is 13.8. The maximum absolute atomic E-state index is 12.8. The Morgan fingerprint density at radius 2 is 0.713 bits per heavy atom. The van der Waals surface area contributed by atoms with Crippen LogP contribution in [-0.4, -0.2) is 70.0 Å². The van der Waals surface area contributed by atoms with E-state index in [0.29, 0.717) is 17.4 Å². The van der Waals surface area contributed by atoms with Crippen molar-refractivity contribution in [1.29, 1.82) is 0 Å². The van der Waals surface area contributed by atoms with Crippen molar-refractivity contribution < 1.29 is 42.1 Å². The summed E-state index contributed by atoms with van der Waals surface area (Å²) in [5.41, 5.74) is 0. The van der Waals surface area contributed by atoms with Crippen molar-refractivity contribution in [1.82, 2.24) is 0 Å². The van der Waals surface area contributed by atoms with E-state index < -0.39 is 26.5 Å². The molecule has 0 amide bonds. The number of allylic oxidation sites excluding steroid dienone is 16. The number of phosphoric acid groups is 1. The minimum absolute atomic E-state index is 0.0388. The highest BCUT2D eigenvalue weighted by Crippen LogP contribution is 2.38. The number of carbonyl (C=O) groups excluding carboxylic acids is 2. The van der Waals surface area contributed by atoms with Crippen LogP contribution in [-0.2, 0) is 32.7 Å². The van der Waals surface area contributed by atoms with Gasteiger partial charge in [-0.2, -0.15) is 0 Å². The molecule has 0 rings (SSSR count). The van der Waals surface area contributed by atoms with Gasteiger partial charge in [-0.1, -0.05) is 272 Å². The molecule has 0 aromatic rings. The maximum Gasteiger partial charge on any atom is 0.306 e. The standard InChI is InChI=1S/C70H124NO8P/c1-6-8-10-12-14-16-18-20-22-24-26-28-30-32-34-35-37-38-40-42-44-46-48-50-52-54-56-58-60-62-69(72)76-66-68(67-78-80(74,75)77-65-64-71(3,4)5)79-70(73)63-61-59-57-55-53-51-49-47-45-43-41-39-36-33-31-29-27-25-23-21-19-17-15-13-11-9-7-2/h9,11,15,17,21,23-24,26-27,29,33,36,41,43,47,49,68H,6-8,10,12-14,16,18-20,22,25,28,30-32,34-35,37-40,42,44-46,48,50-67H2,1-5H3/b11-9-,17-15-,23-21-,26-24-,29-27-,36-33-,43-41-,49-47-. The van der Waals surface area contributed by atoms with E-state index in [-0.39, 0.29) is 32.0 Å². The second-order valence-corrected chi connectivity index (χ2v) is 24.5. The van der Waals surface area contributed by atoms with Crippen LogP contribution in [0.4, 0.5) is 0 Å². The van der Waals surface area contributed by atoms with E-state index in [2.05, 4.69) is 111 Å². The van der Waals surface area contributed by atoms with Gasteiger partial charge in [0.05, 0.1) is 27.7 Å². The summed E-state index contributed by atoms with van der Waals surface area (Å²) in [6.45, 7) is 4.12. The van der Waals surface area contributed by atoms with Crippen LogP contribution in [0.3, 0.4) is 0 Å². The molecule has 0 heterocycles. The molecule has 0 saturated carbocycles. The van der Waals surface area contributed by atoms with Gasteiger partial charge >= 0.3 is 11.9 Å². The average molecular weight is 1140 g/mol. The number of likely N-dealkylation sites (N-methyl/N-ethyl adjacent to an activating group) is 1. The van der Waals surface area contributed by atoms with E-state index in [1.807, 2.05) is 21.1 Å². The first-order chi connectivity index (χ1) is 39.0. The van der Waals surface area contributed by atoms with Crippen LogP contribution in [0.5, 0.6) is 0 Å². The van der Waals surface area contributed by atoms with E-state index in [4.69, 9.17) is 18.5 Å². The fourth-order valence-corrected chi connectivity index (χ4v) is 9.77. The summed E-state index contributed by atoms with van der Waals surface area (Å²) in [5.74, 6) is -0.852. The van der Waals surface area contributed by atoms with Gasteiger partial charge in [0.2, 0.25) is 0 Å². The first-order valence-corrected chi connectivity index (χ1v) is 34.4. The molecule has 9 nitrogen and oxygen atoms in total. The molecule has 2 unspecified atom stereocenters. The third-order valence-corrected chi connectivity index (χ3v) is 15.1. The highest BCUT2D eigenvalue weighted by molar-refractivity contribution is 7.45.